The van der Waals surface area contributed by atoms with Crippen LogP contribution in [0.15, 0.2) is 23.8 Å². The molecule has 1 unspecified atom stereocenters. The summed E-state index contributed by atoms with van der Waals surface area (Å²) < 4.78 is 74.6. The zero-order chi connectivity index (χ0) is 31.0. The molecule has 238 valence electrons. The van der Waals surface area contributed by atoms with Gasteiger partial charge in [-0.1, -0.05) is 11.8 Å². The minimum Gasteiger partial charge on any atom is -1.00 e. The number of imidazole rings is 2. The van der Waals surface area contributed by atoms with Crippen molar-refractivity contribution in [1.82, 2.24) is 43.8 Å². The quantitative estimate of drug-likeness (QED) is 0.113. The van der Waals surface area contributed by atoms with Crippen LogP contribution in [-0.2, 0) is 44.8 Å². The van der Waals surface area contributed by atoms with Gasteiger partial charge in [0.1, 0.15) is 30.8 Å². The van der Waals surface area contributed by atoms with Crippen LogP contribution in [0.2, 0.25) is 0 Å². The Morgan fingerprint density at radius 3 is 2.58 bits per heavy atom. The molecule has 8 atom stereocenters. The van der Waals surface area contributed by atoms with Crippen molar-refractivity contribution in [2.45, 2.75) is 49.4 Å². The number of hydrogen-bond donors (Lipinski definition) is 4. The van der Waals surface area contributed by atoms with E-state index in [1.54, 1.807) is 0 Å². The molecule has 0 saturated carbocycles. The van der Waals surface area contributed by atoms with Crippen LogP contribution in [0.5, 0.6) is 0 Å². The first-order valence-electron chi connectivity index (χ1n) is 12.8. The average Bonchev–Trinajstić information content (AvgIpc) is 3.72. The van der Waals surface area contributed by atoms with Crippen LogP contribution in [0.4, 0.5) is 16.2 Å². The van der Waals surface area contributed by atoms with Gasteiger partial charge in [0.05, 0.1) is 38.0 Å². The molecule has 25 heteroatoms. The maximum atomic E-state index is 15.9. The molecule has 0 aromatic carbocycles. The molecule has 45 heavy (non-hydrogen) atoms. The molecule has 7 rings (SSSR count). The Labute approximate surface area is 280 Å². The van der Waals surface area contributed by atoms with E-state index in [0.717, 1.165) is 6.33 Å². The number of nitrogens with two attached hydrogens (primary N) is 2. The van der Waals surface area contributed by atoms with Crippen LogP contribution < -0.4 is 56.2 Å². The maximum absolute atomic E-state index is 15.9. The predicted molar refractivity (Wildman–Crippen MR) is 148 cm³/mol. The van der Waals surface area contributed by atoms with Gasteiger partial charge in [0, 0.05) is 6.42 Å². The number of nitrogens with zero attached hydrogens (tertiary/aromatic N) is 7. The molecule has 3 fully saturated rings. The van der Waals surface area contributed by atoms with Crippen LogP contribution in [0.25, 0.3) is 22.3 Å². The number of aromatic amines is 1. The largest absolute Gasteiger partial charge is 1.00 e. The molecule has 20 nitrogen and oxygen atoms in total. The normalized spacial score (nSPS) is 33.6. The van der Waals surface area contributed by atoms with Crippen LogP contribution in [-0.4, -0.2) is 91.2 Å². The summed E-state index contributed by atoms with van der Waals surface area (Å²) >= 11 is 5.14. The number of nitrogens with one attached hydrogen (secondary N) is 2. The second-order valence-corrected chi connectivity index (χ2v) is 14.1. The second-order valence-electron chi connectivity index (χ2n) is 10.0. The molecule has 0 amide bonds. The van der Waals surface area contributed by atoms with Gasteiger partial charge in [0.2, 0.25) is 5.95 Å². The number of hydrogen-bond acceptors (Lipinski definition) is 17. The minimum atomic E-state index is -4.63. The van der Waals surface area contributed by atoms with Gasteiger partial charge in [-0.25, -0.2) is 24.3 Å². The van der Waals surface area contributed by atoms with Crippen LogP contribution in [0.3, 0.4) is 0 Å². The van der Waals surface area contributed by atoms with Crippen molar-refractivity contribution in [2.24, 2.45) is 0 Å². The van der Waals surface area contributed by atoms with Crippen LogP contribution in [0.1, 0.15) is 20.3 Å². The Balaban J connectivity index is 0.00000208. The number of ether oxygens (including phenoxy) is 2. The van der Waals surface area contributed by atoms with E-state index in [1.165, 1.54) is 21.8 Å². The number of fused-ring (bicyclic) bond motifs is 5. The third-order valence-electron chi connectivity index (χ3n) is 7.21. The van der Waals surface area contributed by atoms with E-state index in [2.05, 4.69) is 34.6 Å². The number of alkyl halides is 1. The number of rotatable bonds is 2. The Bertz CT molecular complexity index is 1990. The third kappa shape index (κ3) is 6.13. The number of anilines is 2. The SMILES string of the molecule is Nc1nc2c(ncn2[C@@H]2O[C@@H]3COS(=O)(=O)N[C@H]4[C@@H](F)[C@H](n5cnc6c(N)ncnc65)O[C@@H]4COP([O-])(=S)O[C@@H]2C3)c(=O)[nH]1.[H-].[Na+]. The average molecular weight is 699 g/mol. The monoisotopic (exact) mass is 698 g/mol. The number of halogens is 1. The molecule has 4 aromatic heterocycles. The summed E-state index contributed by atoms with van der Waals surface area (Å²) in [5.41, 5.74) is 11.1. The van der Waals surface area contributed by atoms with E-state index in [9.17, 15) is 18.1 Å². The zero-order valence-corrected chi connectivity index (χ0v) is 27.5. The van der Waals surface area contributed by atoms with Gasteiger partial charge in [0.25, 0.3) is 5.56 Å². The van der Waals surface area contributed by atoms with Crippen LogP contribution in [0, 0.1) is 0 Å². The summed E-state index contributed by atoms with van der Waals surface area (Å²) in [7, 11) is -4.63. The fourth-order valence-corrected chi connectivity index (χ4v) is 7.74. The molecular weight excluding hydrogens is 675 g/mol. The first-order chi connectivity index (χ1) is 20.9. The molecule has 2 bridgehead atoms. The molecule has 0 aliphatic carbocycles. The van der Waals surface area contributed by atoms with E-state index < -0.39 is 78.8 Å². The number of aromatic nitrogens is 8. The fourth-order valence-electron chi connectivity index (χ4n) is 5.30. The molecule has 0 spiro atoms. The zero-order valence-electron chi connectivity index (χ0n) is 24.0. The van der Waals surface area contributed by atoms with Crippen molar-refractivity contribution in [2.75, 3.05) is 24.7 Å². The topological polar surface area (TPSA) is 275 Å². The first kappa shape index (κ1) is 32.7. The molecule has 0 radical (unpaired) electrons. The van der Waals surface area contributed by atoms with Gasteiger partial charge in [-0.2, -0.15) is 18.1 Å². The van der Waals surface area contributed by atoms with Crippen molar-refractivity contribution in [3.8, 4) is 0 Å². The minimum absolute atomic E-state index is 0. The fraction of sp³-hybridized carbons (Fsp3) is 0.500. The van der Waals surface area contributed by atoms with E-state index in [0.29, 0.717) is 0 Å². The summed E-state index contributed by atoms with van der Waals surface area (Å²) in [4.78, 5) is 48.1. The molecule has 7 heterocycles. The summed E-state index contributed by atoms with van der Waals surface area (Å²) in [6, 6.07) is -1.59. The standard InChI is InChI=1S/C20H23FN11O9PS2.Na.H/c21-10-11-9(40-19(10)31-5-26-12-14(22)24-4-25-15(12)31)3-37-42(34,43)41-8-1-7(2-38-44(35,36)30-11)39-18(8)32-6-27-13-16(32)28-20(23)29-17(13)33;;/h4-11,18-19,30H,1-3H2,(H,34,43)(H2,22,24,25)(H3,23,28,29,33);;/q;+1;-1/p-1/t7-,8+,9+,10+,11+,18+,19+,42?;;/m0../s1. The first-order valence-corrected chi connectivity index (χ1v) is 16.8. The molecule has 3 aliphatic heterocycles. The van der Waals surface area contributed by atoms with Gasteiger partial charge < -0.3 is 36.3 Å². The van der Waals surface area contributed by atoms with Crippen molar-refractivity contribution >= 4 is 62.9 Å². The van der Waals surface area contributed by atoms with Crippen molar-refractivity contribution in [3.05, 3.63) is 29.3 Å². The molecule has 3 saturated heterocycles. The smallest absolute Gasteiger partial charge is 1.00 e. The van der Waals surface area contributed by atoms with Gasteiger partial charge >= 0.3 is 39.9 Å². The summed E-state index contributed by atoms with van der Waals surface area (Å²) in [5, 5.41) is 0. The molecule has 6 N–H and O–H groups in total. The summed E-state index contributed by atoms with van der Waals surface area (Å²) in [5.74, 6) is -0.164. The van der Waals surface area contributed by atoms with Gasteiger partial charge in [-0.15, -0.1) is 0 Å². The Morgan fingerprint density at radius 1 is 1.07 bits per heavy atom. The molecular formula is C20H23FN11NaO9PS2-. The van der Waals surface area contributed by atoms with E-state index in [-0.39, 0.29) is 71.5 Å². The Morgan fingerprint density at radius 2 is 1.80 bits per heavy atom. The van der Waals surface area contributed by atoms with Crippen LogP contribution >= 0.6 is 6.72 Å². The van der Waals surface area contributed by atoms with Crippen molar-refractivity contribution in [1.29, 1.82) is 0 Å². The molecule has 4 aromatic rings. The van der Waals surface area contributed by atoms with Gasteiger partial charge in [-0.3, -0.25) is 23.1 Å². The van der Waals surface area contributed by atoms with E-state index >= 15 is 4.39 Å². The van der Waals surface area contributed by atoms with Crippen molar-refractivity contribution < 1.29 is 71.4 Å². The summed E-state index contributed by atoms with van der Waals surface area (Å²) in [6.45, 7) is -5.58. The predicted octanol–water partition coefficient (Wildman–Crippen LogP) is -5.02. The van der Waals surface area contributed by atoms with Gasteiger partial charge in [-0.05, 0) is 0 Å². The van der Waals surface area contributed by atoms with Crippen molar-refractivity contribution in [3.63, 3.8) is 0 Å². The third-order valence-corrected chi connectivity index (χ3v) is 9.79. The Hall–Kier alpha value is -2.25. The van der Waals surface area contributed by atoms with Gasteiger partial charge in [0.15, 0.2) is 41.3 Å². The van der Waals surface area contributed by atoms with E-state index in [4.69, 9.17) is 46.0 Å². The Kier molecular flexibility index (Phi) is 8.77. The summed E-state index contributed by atoms with van der Waals surface area (Å²) in [6.07, 6.45) is -4.60. The molecule has 3 aliphatic rings. The maximum Gasteiger partial charge on any atom is 1.00 e. The number of nitrogen functional groups attached to an aromatic ring is 2. The second kappa shape index (κ2) is 12.1. The van der Waals surface area contributed by atoms with E-state index in [1.807, 2.05) is 0 Å². The number of H-pyrrole nitrogens is 1.